The summed E-state index contributed by atoms with van der Waals surface area (Å²) in [5.41, 5.74) is 4.27. The van der Waals surface area contributed by atoms with Gasteiger partial charge in [0.15, 0.2) is 5.69 Å². The standard InChI is InChI=1S/C18H20N2O3/c1-4-11-7-6-8-13-15(11)16-12(10-22-3)17(18(21)23-5-2)19-9-14(16)20-13/h6-9,20H,4-5,10H2,1-3H3. The maximum absolute atomic E-state index is 12.2. The average Bonchev–Trinajstić information content (AvgIpc) is 2.94. The summed E-state index contributed by atoms with van der Waals surface area (Å²) in [6.45, 7) is 4.53. The number of fused-ring (bicyclic) bond motifs is 3. The molecule has 120 valence electrons. The molecule has 0 aliphatic rings. The number of esters is 1. The minimum Gasteiger partial charge on any atom is -0.461 e. The number of rotatable bonds is 5. The van der Waals surface area contributed by atoms with Crippen molar-refractivity contribution in [2.75, 3.05) is 13.7 Å². The van der Waals surface area contributed by atoms with E-state index < -0.39 is 5.97 Å². The fourth-order valence-electron chi connectivity index (χ4n) is 3.03. The Morgan fingerprint density at radius 3 is 2.74 bits per heavy atom. The number of H-pyrrole nitrogens is 1. The zero-order valence-electron chi connectivity index (χ0n) is 13.6. The Bertz CT molecular complexity index is 867. The third kappa shape index (κ3) is 2.57. The molecule has 0 saturated carbocycles. The van der Waals surface area contributed by atoms with E-state index in [4.69, 9.17) is 9.47 Å². The highest BCUT2D eigenvalue weighted by atomic mass is 16.5. The van der Waals surface area contributed by atoms with Crippen LogP contribution in [0.5, 0.6) is 0 Å². The molecule has 23 heavy (non-hydrogen) atoms. The molecular formula is C18H20N2O3. The van der Waals surface area contributed by atoms with Crippen LogP contribution in [0, 0.1) is 0 Å². The second kappa shape index (κ2) is 6.38. The van der Waals surface area contributed by atoms with Crippen LogP contribution in [0.2, 0.25) is 0 Å². The number of methoxy groups -OCH3 is 1. The Hall–Kier alpha value is -2.40. The van der Waals surface area contributed by atoms with Gasteiger partial charge in [-0.15, -0.1) is 0 Å². The highest BCUT2D eigenvalue weighted by Gasteiger charge is 2.21. The number of nitrogens with one attached hydrogen (secondary N) is 1. The van der Waals surface area contributed by atoms with E-state index in [2.05, 4.69) is 23.0 Å². The third-order valence-corrected chi connectivity index (χ3v) is 3.99. The fraction of sp³-hybridized carbons (Fsp3) is 0.333. The summed E-state index contributed by atoms with van der Waals surface area (Å²) in [6, 6.07) is 6.18. The zero-order chi connectivity index (χ0) is 16.4. The second-order valence-electron chi connectivity index (χ2n) is 5.35. The van der Waals surface area contributed by atoms with Gasteiger partial charge in [0.1, 0.15) is 0 Å². The van der Waals surface area contributed by atoms with Crippen molar-refractivity contribution in [3.8, 4) is 0 Å². The Balaban J connectivity index is 2.38. The summed E-state index contributed by atoms with van der Waals surface area (Å²) in [4.78, 5) is 19.9. The topological polar surface area (TPSA) is 64.2 Å². The van der Waals surface area contributed by atoms with Crippen LogP contribution in [0.1, 0.15) is 35.5 Å². The normalized spacial score (nSPS) is 11.3. The fourth-order valence-corrected chi connectivity index (χ4v) is 3.03. The van der Waals surface area contributed by atoms with Crippen LogP contribution in [0.3, 0.4) is 0 Å². The SMILES string of the molecule is CCOC(=O)c1ncc2[nH]c3cccc(CC)c3c2c1COC. The summed E-state index contributed by atoms with van der Waals surface area (Å²) in [5.74, 6) is -0.412. The van der Waals surface area contributed by atoms with Gasteiger partial charge < -0.3 is 14.5 Å². The molecular weight excluding hydrogens is 292 g/mol. The molecule has 0 saturated heterocycles. The van der Waals surface area contributed by atoms with E-state index in [0.717, 1.165) is 33.8 Å². The van der Waals surface area contributed by atoms with E-state index in [9.17, 15) is 4.79 Å². The molecule has 0 unspecified atom stereocenters. The number of benzene rings is 1. The molecule has 2 heterocycles. The first-order valence-electron chi connectivity index (χ1n) is 7.78. The highest BCUT2D eigenvalue weighted by Crippen LogP contribution is 2.32. The van der Waals surface area contributed by atoms with Crippen molar-refractivity contribution < 1.29 is 14.3 Å². The van der Waals surface area contributed by atoms with Gasteiger partial charge in [-0.25, -0.2) is 9.78 Å². The van der Waals surface area contributed by atoms with Gasteiger partial charge in [-0.3, -0.25) is 0 Å². The molecule has 0 spiro atoms. The molecule has 1 aromatic carbocycles. The van der Waals surface area contributed by atoms with E-state index in [-0.39, 0.29) is 0 Å². The van der Waals surface area contributed by atoms with Crippen molar-refractivity contribution in [1.29, 1.82) is 0 Å². The van der Waals surface area contributed by atoms with Gasteiger partial charge in [0, 0.05) is 29.0 Å². The third-order valence-electron chi connectivity index (χ3n) is 3.99. The lowest BCUT2D eigenvalue weighted by atomic mass is 10.0. The van der Waals surface area contributed by atoms with Gasteiger partial charge in [-0.1, -0.05) is 19.1 Å². The molecule has 0 fully saturated rings. The molecule has 1 N–H and O–H groups in total. The van der Waals surface area contributed by atoms with Gasteiger partial charge in [-0.05, 0) is 25.0 Å². The summed E-state index contributed by atoms with van der Waals surface area (Å²) >= 11 is 0. The molecule has 0 aliphatic carbocycles. The maximum Gasteiger partial charge on any atom is 0.357 e. The molecule has 0 atom stereocenters. The Labute approximate surface area is 134 Å². The Morgan fingerprint density at radius 2 is 2.04 bits per heavy atom. The van der Waals surface area contributed by atoms with Crippen LogP contribution in [-0.2, 0) is 22.5 Å². The van der Waals surface area contributed by atoms with Gasteiger partial charge in [-0.2, -0.15) is 0 Å². The van der Waals surface area contributed by atoms with Crippen LogP contribution in [0.25, 0.3) is 21.8 Å². The number of hydrogen-bond acceptors (Lipinski definition) is 4. The predicted octanol–water partition coefficient (Wildman–Crippen LogP) is 3.60. The highest BCUT2D eigenvalue weighted by molar-refractivity contribution is 6.12. The van der Waals surface area contributed by atoms with E-state index in [1.165, 1.54) is 5.56 Å². The van der Waals surface area contributed by atoms with Gasteiger partial charge >= 0.3 is 5.97 Å². The molecule has 0 amide bonds. The van der Waals surface area contributed by atoms with Crippen molar-refractivity contribution in [2.45, 2.75) is 26.9 Å². The first kappa shape index (κ1) is 15.5. The lowest BCUT2D eigenvalue weighted by molar-refractivity contribution is 0.0514. The van der Waals surface area contributed by atoms with Crippen LogP contribution < -0.4 is 0 Å². The van der Waals surface area contributed by atoms with Crippen LogP contribution >= 0.6 is 0 Å². The molecule has 0 radical (unpaired) electrons. The number of ether oxygens (including phenoxy) is 2. The van der Waals surface area contributed by atoms with E-state index in [1.54, 1.807) is 20.2 Å². The van der Waals surface area contributed by atoms with Crippen molar-refractivity contribution in [3.05, 3.63) is 41.2 Å². The molecule has 2 aromatic heterocycles. The minimum absolute atomic E-state index is 0.309. The second-order valence-corrected chi connectivity index (χ2v) is 5.35. The number of nitrogens with zero attached hydrogens (tertiary/aromatic N) is 1. The maximum atomic E-state index is 12.2. The molecule has 3 aromatic rings. The van der Waals surface area contributed by atoms with E-state index in [0.29, 0.717) is 18.9 Å². The molecule has 5 heteroatoms. The summed E-state index contributed by atoms with van der Waals surface area (Å²) in [6.07, 6.45) is 2.61. The number of carbonyl (C=O) groups is 1. The molecule has 3 rings (SSSR count). The largest absolute Gasteiger partial charge is 0.461 e. The van der Waals surface area contributed by atoms with Crippen molar-refractivity contribution in [3.63, 3.8) is 0 Å². The van der Waals surface area contributed by atoms with Crippen LogP contribution in [-0.4, -0.2) is 29.7 Å². The first-order chi connectivity index (χ1) is 11.2. The molecule has 5 nitrogen and oxygen atoms in total. The number of carbonyl (C=O) groups excluding carboxylic acids is 1. The number of aromatic nitrogens is 2. The quantitative estimate of drug-likeness (QED) is 0.731. The molecule has 0 bridgehead atoms. The van der Waals surface area contributed by atoms with Gasteiger partial charge in [0.05, 0.1) is 24.9 Å². The summed E-state index contributed by atoms with van der Waals surface area (Å²) in [7, 11) is 1.61. The lowest BCUT2D eigenvalue weighted by Gasteiger charge is -2.10. The number of aryl methyl sites for hydroxylation is 1. The smallest absolute Gasteiger partial charge is 0.357 e. The summed E-state index contributed by atoms with van der Waals surface area (Å²) in [5, 5.41) is 2.13. The van der Waals surface area contributed by atoms with Crippen LogP contribution in [0.4, 0.5) is 0 Å². The predicted molar refractivity (Wildman–Crippen MR) is 89.6 cm³/mol. The van der Waals surface area contributed by atoms with Crippen molar-refractivity contribution in [1.82, 2.24) is 9.97 Å². The van der Waals surface area contributed by atoms with Crippen molar-refractivity contribution in [2.24, 2.45) is 0 Å². The van der Waals surface area contributed by atoms with Gasteiger partial charge in [0.2, 0.25) is 0 Å². The number of hydrogen-bond donors (Lipinski definition) is 1. The number of pyridine rings is 1. The average molecular weight is 312 g/mol. The molecule has 0 aliphatic heterocycles. The Kier molecular flexibility index (Phi) is 4.30. The zero-order valence-corrected chi connectivity index (χ0v) is 13.6. The van der Waals surface area contributed by atoms with Crippen LogP contribution in [0.15, 0.2) is 24.4 Å². The monoisotopic (exact) mass is 312 g/mol. The lowest BCUT2D eigenvalue weighted by Crippen LogP contribution is -2.11. The Morgan fingerprint density at radius 1 is 1.22 bits per heavy atom. The van der Waals surface area contributed by atoms with E-state index >= 15 is 0 Å². The number of aromatic amines is 1. The minimum atomic E-state index is -0.412. The summed E-state index contributed by atoms with van der Waals surface area (Å²) < 4.78 is 10.5. The van der Waals surface area contributed by atoms with Crippen molar-refractivity contribution >= 4 is 27.8 Å². The first-order valence-corrected chi connectivity index (χ1v) is 7.78. The van der Waals surface area contributed by atoms with Gasteiger partial charge in [0.25, 0.3) is 0 Å². The van der Waals surface area contributed by atoms with E-state index in [1.807, 2.05) is 12.1 Å².